The van der Waals surface area contributed by atoms with E-state index < -0.39 is 0 Å². The van der Waals surface area contributed by atoms with E-state index in [4.69, 9.17) is 11.6 Å². The summed E-state index contributed by atoms with van der Waals surface area (Å²) in [5.41, 5.74) is 1.47. The Balaban J connectivity index is 2.53. The van der Waals surface area contributed by atoms with Gasteiger partial charge in [0.25, 0.3) is 5.56 Å². The fourth-order valence-electron chi connectivity index (χ4n) is 2.08. The number of nitrogens with zero attached hydrogens (tertiary/aromatic N) is 2. The highest BCUT2D eigenvalue weighted by Crippen LogP contribution is 2.16. The van der Waals surface area contributed by atoms with Gasteiger partial charge in [-0.3, -0.25) is 9.36 Å². The lowest BCUT2D eigenvalue weighted by Crippen LogP contribution is -2.26. The number of aryl methyl sites for hydroxylation is 1. The second kappa shape index (κ2) is 5.75. The van der Waals surface area contributed by atoms with Crippen LogP contribution in [-0.2, 0) is 6.54 Å². The third-order valence-corrected chi connectivity index (χ3v) is 3.36. The Labute approximate surface area is 122 Å². The predicted molar refractivity (Wildman–Crippen MR) is 77.8 cm³/mol. The maximum absolute atomic E-state index is 13.3. The summed E-state index contributed by atoms with van der Waals surface area (Å²) in [5, 5.41) is 0.186. The van der Waals surface area contributed by atoms with Crippen LogP contribution < -0.4 is 5.56 Å². The summed E-state index contributed by atoms with van der Waals surface area (Å²) in [4.78, 5) is 16.3. The molecule has 20 heavy (non-hydrogen) atoms. The minimum absolute atomic E-state index is 0.0512. The van der Waals surface area contributed by atoms with E-state index in [0.717, 1.165) is 11.1 Å². The van der Waals surface area contributed by atoms with Crippen molar-refractivity contribution in [1.82, 2.24) is 9.55 Å². The highest BCUT2D eigenvalue weighted by Gasteiger charge is 2.13. The van der Waals surface area contributed by atoms with Crippen molar-refractivity contribution in [1.29, 1.82) is 0 Å². The molecule has 2 rings (SSSR count). The van der Waals surface area contributed by atoms with Crippen LogP contribution in [0.25, 0.3) is 0 Å². The summed E-state index contributed by atoms with van der Waals surface area (Å²) < 4.78 is 14.9. The Hall–Kier alpha value is -1.68. The van der Waals surface area contributed by atoms with Crippen molar-refractivity contribution < 1.29 is 4.39 Å². The van der Waals surface area contributed by atoms with Gasteiger partial charge in [-0.15, -0.1) is 0 Å². The third-order valence-electron chi connectivity index (χ3n) is 3.16. The maximum Gasteiger partial charge on any atom is 0.255 e. The van der Waals surface area contributed by atoms with Crippen molar-refractivity contribution in [2.45, 2.75) is 33.2 Å². The zero-order valence-electron chi connectivity index (χ0n) is 11.7. The smallest absolute Gasteiger partial charge is 0.255 e. The van der Waals surface area contributed by atoms with Gasteiger partial charge in [0.05, 0.1) is 6.54 Å². The lowest BCUT2D eigenvalue weighted by Gasteiger charge is -2.16. The van der Waals surface area contributed by atoms with Gasteiger partial charge in [0.2, 0.25) is 0 Å². The molecule has 0 unspecified atom stereocenters. The van der Waals surface area contributed by atoms with Crippen molar-refractivity contribution >= 4 is 11.6 Å². The van der Waals surface area contributed by atoms with E-state index in [0.29, 0.717) is 12.4 Å². The van der Waals surface area contributed by atoms with Gasteiger partial charge in [0.15, 0.2) is 0 Å². The molecule has 0 aliphatic carbocycles. The summed E-state index contributed by atoms with van der Waals surface area (Å²) in [6.45, 7) is 6.05. The molecule has 1 aromatic carbocycles. The highest BCUT2D eigenvalue weighted by atomic mass is 35.5. The minimum Gasteiger partial charge on any atom is -0.292 e. The monoisotopic (exact) mass is 294 g/mol. The molecule has 0 bridgehead atoms. The van der Waals surface area contributed by atoms with Crippen LogP contribution >= 0.6 is 11.6 Å². The van der Waals surface area contributed by atoms with Gasteiger partial charge in [0.1, 0.15) is 16.8 Å². The second-order valence-electron chi connectivity index (χ2n) is 5.09. The molecular weight excluding hydrogens is 279 g/mol. The van der Waals surface area contributed by atoms with E-state index in [2.05, 4.69) is 4.98 Å². The van der Waals surface area contributed by atoms with E-state index in [1.807, 2.05) is 20.8 Å². The molecule has 0 fully saturated rings. The number of hydrogen-bond donors (Lipinski definition) is 0. The first kappa shape index (κ1) is 14.7. The first-order valence-corrected chi connectivity index (χ1v) is 6.78. The van der Waals surface area contributed by atoms with Crippen molar-refractivity contribution in [3.8, 4) is 0 Å². The van der Waals surface area contributed by atoms with E-state index in [1.165, 1.54) is 18.2 Å². The lowest BCUT2D eigenvalue weighted by atomic mass is 10.1. The molecule has 106 valence electrons. The zero-order chi connectivity index (χ0) is 14.9. The van der Waals surface area contributed by atoms with Crippen LogP contribution in [-0.4, -0.2) is 9.55 Å². The van der Waals surface area contributed by atoms with E-state index in [-0.39, 0.29) is 22.4 Å². The molecule has 0 spiro atoms. The molecule has 0 aliphatic heterocycles. The second-order valence-corrected chi connectivity index (χ2v) is 5.47. The molecule has 0 atom stereocenters. The Bertz CT molecular complexity index is 695. The number of aromatic nitrogens is 2. The van der Waals surface area contributed by atoms with Gasteiger partial charge in [-0.1, -0.05) is 31.5 Å². The summed E-state index contributed by atoms with van der Waals surface area (Å²) >= 11 is 5.84. The quantitative estimate of drug-likeness (QED) is 0.812. The average Bonchev–Trinajstić information content (AvgIpc) is 2.36. The molecule has 2 aromatic rings. The predicted octanol–water partition coefficient (Wildman–Crippen LogP) is 3.52. The Morgan fingerprint density at radius 2 is 2.05 bits per heavy atom. The van der Waals surface area contributed by atoms with Crippen LogP contribution in [0, 0.1) is 12.7 Å². The minimum atomic E-state index is -0.313. The number of rotatable bonds is 3. The van der Waals surface area contributed by atoms with Crippen LogP contribution in [0.1, 0.15) is 36.7 Å². The Morgan fingerprint density at radius 3 is 2.70 bits per heavy atom. The summed E-state index contributed by atoms with van der Waals surface area (Å²) in [7, 11) is 0. The highest BCUT2D eigenvalue weighted by molar-refractivity contribution is 6.29. The van der Waals surface area contributed by atoms with Gasteiger partial charge in [0, 0.05) is 12.0 Å². The molecule has 0 aliphatic rings. The average molecular weight is 295 g/mol. The van der Waals surface area contributed by atoms with Crippen molar-refractivity contribution in [3.05, 3.63) is 62.5 Å². The van der Waals surface area contributed by atoms with Gasteiger partial charge in [-0.25, -0.2) is 9.37 Å². The Morgan fingerprint density at radius 1 is 1.35 bits per heavy atom. The Kier molecular flexibility index (Phi) is 4.23. The molecule has 0 saturated carbocycles. The van der Waals surface area contributed by atoms with Crippen LogP contribution in [0.2, 0.25) is 5.15 Å². The fraction of sp³-hybridized carbons (Fsp3) is 0.333. The summed E-state index contributed by atoms with van der Waals surface area (Å²) in [6, 6.07) is 5.84. The van der Waals surface area contributed by atoms with Gasteiger partial charge >= 0.3 is 0 Å². The van der Waals surface area contributed by atoms with Gasteiger partial charge < -0.3 is 0 Å². The standard InChI is InChI=1S/C15H16ClFN2O/c1-9(2)15-18-13(16)7-14(20)19(15)8-11-6-12(17)5-4-10(11)3/h4-7,9H,8H2,1-3H3. The van der Waals surface area contributed by atoms with E-state index >= 15 is 0 Å². The topological polar surface area (TPSA) is 34.9 Å². The largest absolute Gasteiger partial charge is 0.292 e. The molecule has 1 heterocycles. The molecule has 5 heteroatoms. The van der Waals surface area contributed by atoms with E-state index in [9.17, 15) is 9.18 Å². The first-order valence-electron chi connectivity index (χ1n) is 6.41. The van der Waals surface area contributed by atoms with E-state index in [1.54, 1.807) is 10.6 Å². The maximum atomic E-state index is 13.3. The number of halogens is 2. The number of benzene rings is 1. The molecule has 0 radical (unpaired) electrons. The molecule has 1 aromatic heterocycles. The molecule has 0 amide bonds. The molecule has 0 saturated heterocycles. The van der Waals surface area contributed by atoms with Crippen LogP contribution in [0.4, 0.5) is 4.39 Å². The third kappa shape index (κ3) is 3.07. The van der Waals surface area contributed by atoms with Crippen LogP contribution in [0.5, 0.6) is 0 Å². The fourth-order valence-corrected chi connectivity index (χ4v) is 2.26. The van der Waals surface area contributed by atoms with Crippen molar-refractivity contribution in [2.24, 2.45) is 0 Å². The molecule has 0 N–H and O–H groups in total. The van der Waals surface area contributed by atoms with Gasteiger partial charge in [-0.2, -0.15) is 0 Å². The van der Waals surface area contributed by atoms with Crippen molar-refractivity contribution in [3.63, 3.8) is 0 Å². The van der Waals surface area contributed by atoms with Crippen LogP contribution in [0.15, 0.2) is 29.1 Å². The van der Waals surface area contributed by atoms with Gasteiger partial charge in [-0.05, 0) is 30.2 Å². The summed E-state index contributed by atoms with van der Waals surface area (Å²) in [5.74, 6) is 0.341. The normalized spacial score (nSPS) is 11.1. The summed E-state index contributed by atoms with van der Waals surface area (Å²) in [6.07, 6.45) is 0. The molecule has 3 nitrogen and oxygen atoms in total. The first-order chi connectivity index (χ1) is 9.38. The zero-order valence-corrected chi connectivity index (χ0v) is 12.4. The number of hydrogen-bond acceptors (Lipinski definition) is 2. The van der Waals surface area contributed by atoms with Crippen molar-refractivity contribution in [2.75, 3.05) is 0 Å². The van der Waals surface area contributed by atoms with Crippen LogP contribution in [0.3, 0.4) is 0 Å². The molecular formula is C15H16ClFN2O. The lowest BCUT2D eigenvalue weighted by molar-refractivity contribution is 0.606. The SMILES string of the molecule is Cc1ccc(F)cc1Cn1c(C(C)C)nc(Cl)cc1=O.